The molecular formula is C18H24N4O2. The van der Waals surface area contributed by atoms with E-state index in [1.54, 1.807) is 25.3 Å². The molecule has 2 aromatic rings. The van der Waals surface area contributed by atoms with E-state index in [-0.39, 0.29) is 5.91 Å². The van der Waals surface area contributed by atoms with Crippen molar-refractivity contribution in [1.82, 2.24) is 9.97 Å². The summed E-state index contributed by atoms with van der Waals surface area (Å²) in [5, 5.41) is 6.00. The number of unbranched alkanes of at least 4 members (excludes halogenated alkanes) is 2. The van der Waals surface area contributed by atoms with Gasteiger partial charge in [-0.15, -0.1) is 0 Å². The van der Waals surface area contributed by atoms with Crippen molar-refractivity contribution in [2.45, 2.75) is 33.1 Å². The number of anilines is 2. The number of hydrogen-bond acceptors (Lipinski definition) is 5. The van der Waals surface area contributed by atoms with Crippen molar-refractivity contribution in [3.05, 3.63) is 41.7 Å². The van der Waals surface area contributed by atoms with E-state index in [4.69, 9.17) is 4.74 Å². The fourth-order valence-electron chi connectivity index (χ4n) is 2.24. The summed E-state index contributed by atoms with van der Waals surface area (Å²) in [5.41, 5.74) is 1.75. The molecule has 6 nitrogen and oxygen atoms in total. The van der Waals surface area contributed by atoms with Gasteiger partial charge < -0.3 is 15.4 Å². The number of carbonyl (C=O) groups excluding carboxylic acids is 1. The first kappa shape index (κ1) is 17.7. The van der Waals surface area contributed by atoms with Crippen LogP contribution < -0.4 is 15.4 Å². The van der Waals surface area contributed by atoms with Crippen LogP contribution in [0.15, 0.2) is 30.3 Å². The van der Waals surface area contributed by atoms with Gasteiger partial charge in [-0.25, -0.2) is 9.97 Å². The van der Waals surface area contributed by atoms with E-state index in [1.165, 1.54) is 0 Å². The van der Waals surface area contributed by atoms with E-state index in [9.17, 15) is 4.79 Å². The number of aryl methyl sites for hydroxylation is 1. The van der Waals surface area contributed by atoms with Crippen molar-refractivity contribution in [2.24, 2.45) is 0 Å². The molecule has 0 saturated carbocycles. The second-order valence-electron chi connectivity index (χ2n) is 5.54. The van der Waals surface area contributed by atoms with Crippen molar-refractivity contribution in [3.8, 4) is 5.75 Å². The number of hydrogen-bond donors (Lipinski definition) is 2. The highest BCUT2D eigenvalue weighted by Crippen LogP contribution is 2.17. The molecule has 0 saturated heterocycles. The number of aromatic nitrogens is 2. The van der Waals surface area contributed by atoms with Gasteiger partial charge in [-0.1, -0.05) is 25.8 Å². The van der Waals surface area contributed by atoms with Gasteiger partial charge in [0.05, 0.1) is 7.11 Å². The Morgan fingerprint density at radius 2 is 2.04 bits per heavy atom. The van der Waals surface area contributed by atoms with Gasteiger partial charge in [-0.05, 0) is 31.5 Å². The van der Waals surface area contributed by atoms with E-state index in [0.717, 1.165) is 31.5 Å². The first-order valence-electron chi connectivity index (χ1n) is 8.17. The number of carbonyl (C=O) groups is 1. The summed E-state index contributed by atoms with van der Waals surface area (Å²) in [4.78, 5) is 21.1. The lowest BCUT2D eigenvalue weighted by molar-refractivity contribution is 0.102. The topological polar surface area (TPSA) is 76.1 Å². The van der Waals surface area contributed by atoms with Gasteiger partial charge in [0.1, 0.15) is 11.4 Å². The molecule has 0 spiro atoms. The van der Waals surface area contributed by atoms with Crippen LogP contribution in [-0.4, -0.2) is 29.5 Å². The minimum Gasteiger partial charge on any atom is -0.497 e. The van der Waals surface area contributed by atoms with Gasteiger partial charge in [0, 0.05) is 24.0 Å². The van der Waals surface area contributed by atoms with Gasteiger partial charge >= 0.3 is 0 Å². The third-order valence-corrected chi connectivity index (χ3v) is 3.48. The molecule has 1 heterocycles. The SMILES string of the molecule is CCCCCNc1nc(C)cc(C(=O)Nc2cccc(OC)c2)n1. The highest BCUT2D eigenvalue weighted by Gasteiger charge is 2.11. The first-order chi connectivity index (χ1) is 11.6. The van der Waals surface area contributed by atoms with E-state index in [2.05, 4.69) is 27.5 Å². The average molecular weight is 328 g/mol. The molecule has 1 aromatic heterocycles. The molecule has 0 bridgehead atoms. The van der Waals surface area contributed by atoms with Crippen LogP contribution in [0.4, 0.5) is 11.6 Å². The Morgan fingerprint density at radius 3 is 2.79 bits per heavy atom. The Balaban J connectivity index is 2.06. The number of benzene rings is 1. The Labute approximate surface area is 142 Å². The molecule has 6 heteroatoms. The predicted octanol–water partition coefficient (Wildman–Crippen LogP) is 3.65. The van der Waals surface area contributed by atoms with Crippen LogP contribution in [0.1, 0.15) is 42.4 Å². The zero-order chi connectivity index (χ0) is 17.4. The number of amides is 1. The average Bonchev–Trinajstić information content (AvgIpc) is 2.58. The lowest BCUT2D eigenvalue weighted by atomic mass is 10.2. The minimum atomic E-state index is -0.273. The summed E-state index contributed by atoms with van der Waals surface area (Å²) in [7, 11) is 1.59. The predicted molar refractivity (Wildman–Crippen MR) is 95.7 cm³/mol. The normalized spacial score (nSPS) is 10.3. The Bertz CT molecular complexity index is 688. The molecule has 1 amide bonds. The number of nitrogens with one attached hydrogen (secondary N) is 2. The fourth-order valence-corrected chi connectivity index (χ4v) is 2.24. The minimum absolute atomic E-state index is 0.273. The molecule has 24 heavy (non-hydrogen) atoms. The van der Waals surface area contributed by atoms with Crippen LogP contribution in [-0.2, 0) is 0 Å². The molecule has 2 rings (SSSR count). The summed E-state index contributed by atoms with van der Waals surface area (Å²) in [5.74, 6) is 0.900. The highest BCUT2D eigenvalue weighted by molar-refractivity contribution is 6.03. The Kier molecular flexibility index (Phi) is 6.54. The molecule has 0 aliphatic heterocycles. The third kappa shape index (κ3) is 5.22. The van der Waals surface area contributed by atoms with E-state index < -0.39 is 0 Å². The summed E-state index contributed by atoms with van der Waals surface area (Å²) < 4.78 is 5.16. The third-order valence-electron chi connectivity index (χ3n) is 3.48. The van der Waals surface area contributed by atoms with E-state index in [0.29, 0.717) is 23.1 Å². The summed E-state index contributed by atoms with van der Waals surface area (Å²) >= 11 is 0. The van der Waals surface area contributed by atoms with Gasteiger partial charge in [-0.2, -0.15) is 0 Å². The van der Waals surface area contributed by atoms with Crippen molar-refractivity contribution < 1.29 is 9.53 Å². The van der Waals surface area contributed by atoms with Crippen molar-refractivity contribution >= 4 is 17.5 Å². The van der Waals surface area contributed by atoms with Crippen molar-refractivity contribution in [2.75, 3.05) is 24.3 Å². The lowest BCUT2D eigenvalue weighted by Crippen LogP contribution is -2.16. The highest BCUT2D eigenvalue weighted by atomic mass is 16.5. The summed E-state index contributed by atoms with van der Waals surface area (Å²) in [6.07, 6.45) is 3.37. The first-order valence-corrected chi connectivity index (χ1v) is 8.17. The number of methoxy groups -OCH3 is 1. The maximum Gasteiger partial charge on any atom is 0.274 e. The Morgan fingerprint density at radius 1 is 1.21 bits per heavy atom. The summed E-state index contributed by atoms with van der Waals surface area (Å²) in [6, 6.07) is 8.88. The zero-order valence-corrected chi connectivity index (χ0v) is 14.4. The van der Waals surface area contributed by atoms with E-state index in [1.807, 2.05) is 19.1 Å². The van der Waals surface area contributed by atoms with Crippen LogP contribution in [0.5, 0.6) is 5.75 Å². The number of ether oxygens (including phenoxy) is 1. The lowest BCUT2D eigenvalue weighted by Gasteiger charge is -2.09. The largest absolute Gasteiger partial charge is 0.497 e. The molecule has 1 aromatic carbocycles. The van der Waals surface area contributed by atoms with Crippen LogP contribution >= 0.6 is 0 Å². The van der Waals surface area contributed by atoms with Gasteiger partial charge in [0.2, 0.25) is 5.95 Å². The molecule has 0 aliphatic rings. The molecule has 0 unspecified atom stereocenters. The van der Waals surface area contributed by atoms with Crippen LogP contribution in [0, 0.1) is 6.92 Å². The van der Waals surface area contributed by atoms with Gasteiger partial charge in [-0.3, -0.25) is 4.79 Å². The molecule has 2 N–H and O–H groups in total. The van der Waals surface area contributed by atoms with Crippen LogP contribution in [0.3, 0.4) is 0 Å². The molecular weight excluding hydrogens is 304 g/mol. The van der Waals surface area contributed by atoms with Crippen LogP contribution in [0.25, 0.3) is 0 Å². The molecule has 0 atom stereocenters. The molecule has 0 radical (unpaired) electrons. The van der Waals surface area contributed by atoms with Crippen LogP contribution in [0.2, 0.25) is 0 Å². The summed E-state index contributed by atoms with van der Waals surface area (Å²) in [6.45, 7) is 4.81. The van der Waals surface area contributed by atoms with Crippen molar-refractivity contribution in [1.29, 1.82) is 0 Å². The van der Waals surface area contributed by atoms with Gasteiger partial charge in [0.25, 0.3) is 5.91 Å². The molecule has 128 valence electrons. The standard InChI is InChI=1S/C18H24N4O2/c1-4-5-6-10-19-18-20-13(2)11-16(22-18)17(23)21-14-8-7-9-15(12-14)24-3/h7-9,11-12H,4-6,10H2,1-3H3,(H,21,23)(H,19,20,22). The smallest absolute Gasteiger partial charge is 0.274 e. The zero-order valence-electron chi connectivity index (χ0n) is 14.4. The van der Waals surface area contributed by atoms with Crippen molar-refractivity contribution in [3.63, 3.8) is 0 Å². The monoisotopic (exact) mass is 328 g/mol. The fraction of sp³-hybridized carbons (Fsp3) is 0.389. The van der Waals surface area contributed by atoms with E-state index >= 15 is 0 Å². The Hall–Kier alpha value is -2.63. The molecule has 0 fully saturated rings. The number of nitrogens with zero attached hydrogens (tertiary/aromatic N) is 2. The number of rotatable bonds is 8. The maximum atomic E-state index is 12.4. The quantitative estimate of drug-likeness (QED) is 0.723. The second-order valence-corrected chi connectivity index (χ2v) is 5.54. The second kappa shape index (κ2) is 8.86. The molecule has 0 aliphatic carbocycles. The van der Waals surface area contributed by atoms with Gasteiger partial charge in [0.15, 0.2) is 0 Å². The maximum absolute atomic E-state index is 12.4.